The zero-order chi connectivity index (χ0) is 41.3. The first-order chi connectivity index (χ1) is 27.1. The van der Waals surface area contributed by atoms with E-state index < -0.39 is 13.9 Å². The van der Waals surface area contributed by atoms with E-state index in [-0.39, 0.29) is 25.8 Å². The molecule has 0 saturated carbocycles. The van der Waals surface area contributed by atoms with Crippen LogP contribution in [-0.4, -0.2) is 75.6 Å². The van der Waals surface area contributed by atoms with Gasteiger partial charge >= 0.3 is 13.8 Å². The Balaban J connectivity index is 4.28. The Bertz CT molecular complexity index is 1170. The quantitative estimate of drug-likeness (QED) is 0.0217. The molecule has 0 aliphatic heterocycles. The molecule has 56 heavy (non-hydrogen) atoms. The largest absolute Gasteiger partial charge is 0.472 e. The zero-order valence-corrected chi connectivity index (χ0v) is 37.2. The van der Waals surface area contributed by atoms with Crippen LogP contribution in [0, 0.1) is 0 Å². The van der Waals surface area contributed by atoms with Gasteiger partial charge in [-0.05, 0) is 83.5 Å². The summed E-state index contributed by atoms with van der Waals surface area (Å²) in [6.07, 6.45) is 51.9. The van der Waals surface area contributed by atoms with Gasteiger partial charge in [-0.1, -0.05) is 144 Å². The molecule has 2 unspecified atom stereocenters. The maximum absolute atomic E-state index is 12.7. The number of esters is 1. The molecule has 0 spiro atoms. The number of quaternary nitrogens is 1. The fourth-order valence-corrected chi connectivity index (χ4v) is 6.06. The molecule has 0 amide bonds. The average Bonchev–Trinajstić information content (AvgIpc) is 3.15. The number of unbranched alkanes of at least 4 members (excludes halogenated alkanes) is 11. The van der Waals surface area contributed by atoms with E-state index >= 15 is 0 Å². The highest BCUT2D eigenvalue weighted by molar-refractivity contribution is 7.47. The van der Waals surface area contributed by atoms with Crippen molar-refractivity contribution in [2.75, 3.05) is 54.1 Å². The number of hydrogen-bond donors (Lipinski definition) is 1. The summed E-state index contributed by atoms with van der Waals surface area (Å²) in [5.41, 5.74) is 0. The lowest BCUT2D eigenvalue weighted by atomic mass is 10.1. The molecular formula is C47H83NO7P+. The van der Waals surface area contributed by atoms with Crippen LogP contribution in [0.4, 0.5) is 0 Å². The second kappa shape index (κ2) is 39.5. The first-order valence-corrected chi connectivity index (χ1v) is 23.3. The molecule has 0 aromatic carbocycles. The lowest BCUT2D eigenvalue weighted by Crippen LogP contribution is -2.37. The van der Waals surface area contributed by atoms with E-state index in [1.165, 1.54) is 38.5 Å². The van der Waals surface area contributed by atoms with Gasteiger partial charge < -0.3 is 18.9 Å². The molecule has 0 aliphatic rings. The number of rotatable bonds is 39. The first kappa shape index (κ1) is 53.7. The number of carbonyl (C=O) groups is 1. The molecule has 322 valence electrons. The molecule has 0 saturated heterocycles. The third kappa shape index (κ3) is 42.8. The fraction of sp³-hybridized carbons (Fsp3) is 0.681. The van der Waals surface area contributed by atoms with Crippen LogP contribution in [0.25, 0.3) is 0 Å². The van der Waals surface area contributed by atoms with Crippen LogP contribution < -0.4 is 0 Å². The van der Waals surface area contributed by atoms with Crippen LogP contribution >= 0.6 is 7.82 Å². The lowest BCUT2D eigenvalue weighted by molar-refractivity contribution is -0.870. The van der Waals surface area contributed by atoms with Gasteiger partial charge in [0.15, 0.2) is 0 Å². The summed E-state index contributed by atoms with van der Waals surface area (Å²) in [5, 5.41) is 0. The predicted molar refractivity (Wildman–Crippen MR) is 238 cm³/mol. The Morgan fingerprint density at radius 2 is 1.04 bits per heavy atom. The highest BCUT2D eigenvalue weighted by Gasteiger charge is 2.26. The maximum Gasteiger partial charge on any atom is 0.472 e. The van der Waals surface area contributed by atoms with Gasteiger partial charge in [0.2, 0.25) is 0 Å². The minimum Gasteiger partial charge on any atom is -0.457 e. The van der Waals surface area contributed by atoms with E-state index in [1.807, 2.05) is 21.1 Å². The summed E-state index contributed by atoms with van der Waals surface area (Å²) in [6.45, 7) is 5.37. The molecule has 1 N–H and O–H groups in total. The number of nitrogens with zero attached hydrogens (tertiary/aromatic N) is 1. The van der Waals surface area contributed by atoms with Crippen molar-refractivity contribution in [3.05, 3.63) is 85.1 Å². The second-order valence-electron chi connectivity index (χ2n) is 15.3. The van der Waals surface area contributed by atoms with Crippen LogP contribution in [0.2, 0.25) is 0 Å². The highest BCUT2D eigenvalue weighted by atomic mass is 31.2. The Morgan fingerprint density at radius 1 is 0.571 bits per heavy atom. The van der Waals surface area contributed by atoms with Crippen molar-refractivity contribution in [2.24, 2.45) is 0 Å². The molecule has 0 aromatic rings. The molecule has 9 heteroatoms. The zero-order valence-electron chi connectivity index (χ0n) is 36.3. The standard InChI is InChI=1S/C47H82NO7P/c1-6-8-10-12-14-16-18-19-20-21-22-23-24-25-26-27-28-29-30-32-34-36-38-40-47(49)55-46(45-54-56(50,51)53-43-41-48(3,4)5)44-52-42-39-37-35-33-31-17-15-13-11-9-7-2/h8,10-11,13-14,16,19-20,22-23,25-26,28-29,46H,6-7,9,12,15,17-18,21,24,27,30-45H2,1-5H3/p+1/b10-8-,13-11-,16-14-,20-19-,23-22-,26-25-,29-28-. The first-order valence-electron chi connectivity index (χ1n) is 21.8. The van der Waals surface area contributed by atoms with Crippen LogP contribution in [0.1, 0.15) is 149 Å². The van der Waals surface area contributed by atoms with Crippen molar-refractivity contribution in [3.8, 4) is 0 Å². The van der Waals surface area contributed by atoms with Crippen molar-refractivity contribution < 1.29 is 37.3 Å². The van der Waals surface area contributed by atoms with E-state index in [0.29, 0.717) is 24.1 Å². The molecular weight excluding hydrogens is 721 g/mol. The Kier molecular flexibility index (Phi) is 37.9. The molecule has 0 fully saturated rings. The maximum atomic E-state index is 12.7. The monoisotopic (exact) mass is 805 g/mol. The Hall–Kier alpha value is -2.32. The summed E-state index contributed by atoms with van der Waals surface area (Å²) >= 11 is 0. The summed E-state index contributed by atoms with van der Waals surface area (Å²) in [4.78, 5) is 22.9. The number of likely N-dealkylation sites (N-methyl/N-ethyl adjacent to an activating group) is 1. The summed E-state index contributed by atoms with van der Waals surface area (Å²) < 4.78 is 34.9. The number of hydrogen-bond acceptors (Lipinski definition) is 6. The van der Waals surface area contributed by atoms with Gasteiger partial charge in [0.05, 0.1) is 34.4 Å². The normalized spacial score (nSPS) is 14.6. The minimum absolute atomic E-state index is 0.0773. The summed E-state index contributed by atoms with van der Waals surface area (Å²) in [6, 6.07) is 0. The van der Waals surface area contributed by atoms with Crippen LogP contribution in [0.15, 0.2) is 85.1 Å². The smallest absolute Gasteiger partial charge is 0.457 e. The van der Waals surface area contributed by atoms with Gasteiger partial charge in [-0.25, -0.2) is 4.57 Å². The molecule has 0 heterocycles. The average molecular weight is 805 g/mol. The Labute approximate surface area is 344 Å². The minimum atomic E-state index is -4.29. The molecule has 0 aromatic heterocycles. The van der Waals surface area contributed by atoms with Crippen LogP contribution in [-0.2, 0) is 27.9 Å². The third-order valence-corrected chi connectivity index (χ3v) is 9.66. The van der Waals surface area contributed by atoms with E-state index in [9.17, 15) is 14.3 Å². The van der Waals surface area contributed by atoms with Crippen molar-refractivity contribution >= 4 is 13.8 Å². The van der Waals surface area contributed by atoms with E-state index in [1.54, 1.807) is 0 Å². The van der Waals surface area contributed by atoms with Crippen LogP contribution in [0.3, 0.4) is 0 Å². The van der Waals surface area contributed by atoms with Crippen LogP contribution in [0.5, 0.6) is 0 Å². The van der Waals surface area contributed by atoms with Gasteiger partial charge in [-0.3, -0.25) is 13.8 Å². The van der Waals surface area contributed by atoms with Crippen molar-refractivity contribution in [2.45, 2.75) is 155 Å². The molecule has 8 nitrogen and oxygen atoms in total. The number of carbonyl (C=O) groups excluding carboxylic acids is 1. The van der Waals surface area contributed by atoms with Gasteiger partial charge in [0.25, 0.3) is 0 Å². The molecule has 0 radical (unpaired) electrons. The van der Waals surface area contributed by atoms with Gasteiger partial charge in [0.1, 0.15) is 19.3 Å². The van der Waals surface area contributed by atoms with Crippen molar-refractivity contribution in [1.82, 2.24) is 0 Å². The third-order valence-electron chi connectivity index (χ3n) is 8.67. The van der Waals surface area contributed by atoms with Crippen molar-refractivity contribution in [3.63, 3.8) is 0 Å². The Morgan fingerprint density at radius 3 is 1.57 bits per heavy atom. The lowest BCUT2D eigenvalue weighted by Gasteiger charge is -2.24. The van der Waals surface area contributed by atoms with Gasteiger partial charge in [-0.15, -0.1) is 0 Å². The molecule has 0 rings (SSSR count). The molecule has 0 aliphatic carbocycles. The second-order valence-corrected chi connectivity index (χ2v) is 16.8. The topological polar surface area (TPSA) is 91.3 Å². The molecule has 0 bridgehead atoms. The van der Waals surface area contributed by atoms with Gasteiger partial charge in [-0.2, -0.15) is 0 Å². The predicted octanol–water partition coefficient (Wildman–Crippen LogP) is 12.9. The SMILES string of the molecule is CC/C=C\C/C=C\C/C=C\C/C=C\C/C=C\C/C=C\CCCCCCC(=O)OC(COCCCCCCCC/C=C\CCC)COP(=O)(O)OCC[N+](C)(C)C. The molecule has 2 atom stereocenters. The van der Waals surface area contributed by atoms with Gasteiger partial charge in [0, 0.05) is 13.0 Å². The number of ether oxygens (including phenoxy) is 2. The highest BCUT2D eigenvalue weighted by Crippen LogP contribution is 2.43. The number of phosphoric ester groups is 1. The summed E-state index contributed by atoms with van der Waals surface area (Å²) in [7, 11) is 1.63. The van der Waals surface area contributed by atoms with E-state index in [2.05, 4.69) is 98.9 Å². The number of phosphoric acid groups is 1. The van der Waals surface area contributed by atoms with E-state index in [4.69, 9.17) is 18.5 Å². The van der Waals surface area contributed by atoms with Crippen molar-refractivity contribution in [1.29, 1.82) is 0 Å². The fourth-order valence-electron chi connectivity index (χ4n) is 5.32. The summed E-state index contributed by atoms with van der Waals surface area (Å²) in [5.74, 6) is -0.345. The number of allylic oxidation sites excluding steroid dienone is 14. The van der Waals surface area contributed by atoms with E-state index in [0.717, 1.165) is 89.9 Å².